The Balaban J connectivity index is 3.29. The summed E-state index contributed by atoms with van der Waals surface area (Å²) in [5, 5.41) is 9.79. The van der Waals surface area contributed by atoms with E-state index in [1.54, 1.807) is 14.0 Å². The van der Waals surface area contributed by atoms with Crippen LogP contribution in [0.4, 0.5) is 0 Å². The summed E-state index contributed by atoms with van der Waals surface area (Å²) in [6.45, 7) is 8.39. The van der Waals surface area contributed by atoms with Gasteiger partial charge in [0.2, 0.25) is 10.0 Å². The van der Waals surface area contributed by atoms with E-state index in [-0.39, 0.29) is 6.04 Å². The molecule has 1 aromatic heterocycles. The second kappa shape index (κ2) is 6.49. The second-order valence-corrected chi connectivity index (χ2v) is 6.45. The molecule has 0 aliphatic heterocycles. The molecule has 6 nitrogen and oxygen atoms in total. The Morgan fingerprint density at radius 1 is 1.42 bits per heavy atom. The van der Waals surface area contributed by atoms with E-state index in [0.29, 0.717) is 29.4 Å². The molecule has 0 fully saturated rings. The minimum atomic E-state index is -3.50. The maximum Gasteiger partial charge on any atom is 0.247 e. The molecule has 0 aliphatic rings. The zero-order chi connectivity index (χ0) is 14.6. The van der Waals surface area contributed by atoms with Crippen molar-refractivity contribution in [2.45, 2.75) is 51.6 Å². The number of aryl methyl sites for hydroxylation is 1. The van der Waals surface area contributed by atoms with Crippen LogP contribution in [0.2, 0.25) is 0 Å². The van der Waals surface area contributed by atoms with Crippen molar-refractivity contribution in [3.63, 3.8) is 0 Å². The smallest absolute Gasteiger partial charge is 0.247 e. The van der Waals surface area contributed by atoms with Crippen molar-refractivity contribution in [3.05, 3.63) is 11.4 Å². The van der Waals surface area contributed by atoms with Gasteiger partial charge in [0.1, 0.15) is 4.90 Å². The van der Waals surface area contributed by atoms with Crippen molar-refractivity contribution in [3.8, 4) is 0 Å². The van der Waals surface area contributed by atoms with Gasteiger partial charge in [-0.15, -0.1) is 0 Å². The summed E-state index contributed by atoms with van der Waals surface area (Å²) >= 11 is 0. The summed E-state index contributed by atoms with van der Waals surface area (Å²) in [6.07, 6.45) is 0.783. The third-order valence-corrected chi connectivity index (χ3v) is 5.56. The minimum Gasteiger partial charge on any atom is -0.314 e. The van der Waals surface area contributed by atoms with Gasteiger partial charge in [0.05, 0.1) is 11.4 Å². The molecule has 1 heterocycles. The molecule has 0 saturated heterocycles. The molecule has 0 bridgehead atoms. The van der Waals surface area contributed by atoms with E-state index >= 15 is 0 Å². The lowest BCUT2D eigenvalue weighted by atomic mass is 10.3. The first-order valence-electron chi connectivity index (χ1n) is 6.60. The van der Waals surface area contributed by atoms with Gasteiger partial charge in [0.25, 0.3) is 0 Å². The number of rotatable bonds is 7. The highest BCUT2D eigenvalue weighted by Crippen LogP contribution is 2.24. The summed E-state index contributed by atoms with van der Waals surface area (Å²) in [5.41, 5.74) is 1.13. The van der Waals surface area contributed by atoms with Crippen LogP contribution in [0.3, 0.4) is 0 Å². The van der Waals surface area contributed by atoms with Gasteiger partial charge in [-0.2, -0.15) is 9.40 Å². The van der Waals surface area contributed by atoms with E-state index in [0.717, 1.165) is 6.42 Å². The monoisotopic (exact) mass is 288 g/mol. The van der Waals surface area contributed by atoms with Crippen molar-refractivity contribution in [2.75, 3.05) is 13.6 Å². The Morgan fingerprint density at radius 3 is 2.53 bits per heavy atom. The highest BCUT2D eigenvalue weighted by atomic mass is 32.2. The van der Waals surface area contributed by atoms with Crippen molar-refractivity contribution in [1.29, 1.82) is 0 Å². The number of aromatic amines is 1. The predicted molar refractivity (Wildman–Crippen MR) is 75.4 cm³/mol. The first-order chi connectivity index (χ1) is 8.89. The highest BCUT2D eigenvalue weighted by Gasteiger charge is 2.32. The molecule has 1 rings (SSSR count). The van der Waals surface area contributed by atoms with Crippen LogP contribution in [0.5, 0.6) is 0 Å². The predicted octanol–water partition coefficient (Wildman–Crippen LogP) is 1.25. The molecule has 0 amide bonds. The number of aromatic nitrogens is 2. The second-order valence-electron chi connectivity index (χ2n) is 4.62. The van der Waals surface area contributed by atoms with Crippen LogP contribution >= 0.6 is 0 Å². The Kier molecular flexibility index (Phi) is 5.51. The van der Waals surface area contributed by atoms with Gasteiger partial charge in [-0.1, -0.05) is 13.8 Å². The third-order valence-electron chi connectivity index (χ3n) is 3.27. The number of hydrogen-bond acceptors (Lipinski definition) is 4. The van der Waals surface area contributed by atoms with Crippen molar-refractivity contribution >= 4 is 10.0 Å². The summed E-state index contributed by atoms with van der Waals surface area (Å²) in [4.78, 5) is 0.309. The van der Waals surface area contributed by atoms with Crippen LogP contribution in [0, 0.1) is 6.92 Å². The van der Waals surface area contributed by atoms with E-state index in [2.05, 4.69) is 15.5 Å². The lowest BCUT2D eigenvalue weighted by molar-refractivity contribution is 0.342. The molecular weight excluding hydrogens is 264 g/mol. The van der Waals surface area contributed by atoms with Crippen LogP contribution < -0.4 is 5.32 Å². The maximum atomic E-state index is 12.8. The third kappa shape index (κ3) is 3.16. The SMILES string of the molecule is CCC(C)N(CC)S(=O)(=O)c1c(CNC)n[nH]c1C. The van der Waals surface area contributed by atoms with Gasteiger partial charge >= 0.3 is 0 Å². The van der Waals surface area contributed by atoms with Crippen LogP contribution in [0.25, 0.3) is 0 Å². The molecule has 1 unspecified atom stereocenters. The molecular formula is C12H24N4O2S. The largest absolute Gasteiger partial charge is 0.314 e. The highest BCUT2D eigenvalue weighted by molar-refractivity contribution is 7.89. The van der Waals surface area contributed by atoms with Gasteiger partial charge in [-0.05, 0) is 27.3 Å². The topological polar surface area (TPSA) is 78.1 Å². The van der Waals surface area contributed by atoms with Gasteiger partial charge < -0.3 is 5.32 Å². The van der Waals surface area contributed by atoms with Crippen LogP contribution in [0.15, 0.2) is 4.90 Å². The van der Waals surface area contributed by atoms with Gasteiger partial charge in [0.15, 0.2) is 0 Å². The molecule has 0 saturated carbocycles. The average molecular weight is 288 g/mol. The van der Waals surface area contributed by atoms with E-state index in [4.69, 9.17) is 0 Å². The van der Waals surface area contributed by atoms with Crippen LogP contribution in [0.1, 0.15) is 38.6 Å². The van der Waals surface area contributed by atoms with E-state index < -0.39 is 10.0 Å². The quantitative estimate of drug-likeness (QED) is 0.791. The number of hydrogen-bond donors (Lipinski definition) is 2. The molecule has 0 aromatic carbocycles. The lowest BCUT2D eigenvalue weighted by Crippen LogP contribution is -2.38. The van der Waals surface area contributed by atoms with Gasteiger partial charge in [-0.3, -0.25) is 5.10 Å². The van der Waals surface area contributed by atoms with Crippen molar-refractivity contribution < 1.29 is 8.42 Å². The Bertz CT molecular complexity index is 510. The lowest BCUT2D eigenvalue weighted by Gasteiger charge is -2.26. The number of H-pyrrole nitrogens is 1. The van der Waals surface area contributed by atoms with Crippen LogP contribution in [-0.2, 0) is 16.6 Å². The Morgan fingerprint density at radius 2 is 2.05 bits per heavy atom. The van der Waals surface area contributed by atoms with Crippen molar-refractivity contribution in [2.24, 2.45) is 0 Å². The van der Waals surface area contributed by atoms with Gasteiger partial charge in [0, 0.05) is 19.1 Å². The summed E-state index contributed by atoms with van der Waals surface area (Å²) in [7, 11) is -1.73. The number of nitrogens with zero attached hydrogens (tertiary/aromatic N) is 2. The fourth-order valence-electron chi connectivity index (χ4n) is 2.14. The molecule has 19 heavy (non-hydrogen) atoms. The first-order valence-corrected chi connectivity index (χ1v) is 8.04. The zero-order valence-corrected chi connectivity index (χ0v) is 13.1. The maximum absolute atomic E-state index is 12.8. The molecule has 0 aliphatic carbocycles. The Labute approximate surface area is 115 Å². The standard InChI is InChI=1S/C12H24N4O2S/c1-6-9(3)16(7-2)19(17,18)12-10(4)14-15-11(12)8-13-5/h9,13H,6-8H2,1-5H3,(H,14,15). The molecule has 2 N–H and O–H groups in total. The fraction of sp³-hybridized carbons (Fsp3) is 0.750. The molecule has 110 valence electrons. The molecule has 1 aromatic rings. The molecule has 0 spiro atoms. The molecule has 0 radical (unpaired) electrons. The van der Waals surface area contributed by atoms with Crippen LogP contribution in [-0.4, -0.2) is 42.6 Å². The normalized spacial score (nSPS) is 14.0. The first kappa shape index (κ1) is 16.1. The van der Waals surface area contributed by atoms with Crippen molar-refractivity contribution in [1.82, 2.24) is 19.8 Å². The Hall–Kier alpha value is -0.920. The minimum absolute atomic E-state index is 0.0215. The summed E-state index contributed by atoms with van der Waals surface area (Å²) in [5.74, 6) is 0. The summed E-state index contributed by atoms with van der Waals surface area (Å²) < 4.78 is 27.1. The summed E-state index contributed by atoms with van der Waals surface area (Å²) in [6, 6.07) is -0.0215. The van der Waals surface area contributed by atoms with E-state index in [9.17, 15) is 8.42 Å². The zero-order valence-electron chi connectivity index (χ0n) is 12.3. The molecule has 1 atom stereocenters. The average Bonchev–Trinajstić information content (AvgIpc) is 2.72. The van der Waals surface area contributed by atoms with Gasteiger partial charge in [-0.25, -0.2) is 8.42 Å². The van der Waals surface area contributed by atoms with E-state index in [1.807, 2.05) is 20.8 Å². The fourth-order valence-corrected chi connectivity index (χ4v) is 4.18. The number of nitrogens with one attached hydrogen (secondary N) is 2. The molecule has 7 heteroatoms. The van der Waals surface area contributed by atoms with E-state index in [1.165, 1.54) is 4.31 Å². The number of sulfonamides is 1.